The monoisotopic (exact) mass is 607 g/mol. The molecule has 5 aromatic rings. The summed E-state index contributed by atoms with van der Waals surface area (Å²) in [7, 11) is -3.87. The summed E-state index contributed by atoms with van der Waals surface area (Å²) in [5.74, 6) is 5.38. The molecule has 1 aromatic carbocycles. The number of nitrogens with one attached hydrogen (secondary N) is 1. The second-order valence-corrected chi connectivity index (χ2v) is 11.5. The first-order valence-corrected chi connectivity index (χ1v) is 13.8. The Kier molecular flexibility index (Phi) is 7.32. The number of sulfonamides is 1. The summed E-state index contributed by atoms with van der Waals surface area (Å²) in [6, 6.07) is 10.4. The molecule has 0 amide bonds. The second-order valence-electron chi connectivity index (χ2n) is 8.45. The van der Waals surface area contributed by atoms with Gasteiger partial charge in [0.05, 0.1) is 27.9 Å². The largest absolute Gasteiger partial charge is 0.433 e. The zero-order chi connectivity index (χ0) is 29.4. The smallest absolute Gasteiger partial charge is 0.264 e. The minimum absolute atomic E-state index is 0.00299. The Morgan fingerprint density at radius 2 is 1.68 bits per heavy atom. The topological polar surface area (TPSA) is 89.2 Å². The van der Waals surface area contributed by atoms with Gasteiger partial charge in [-0.3, -0.25) is 4.98 Å². The number of thiophene rings is 1. The van der Waals surface area contributed by atoms with Crippen molar-refractivity contribution in [3.8, 4) is 23.1 Å². The zero-order valence-electron chi connectivity index (χ0n) is 20.3. The molecule has 0 aliphatic carbocycles. The number of pyridine rings is 1. The molecule has 0 atom stereocenters. The number of nitrogens with zero attached hydrogens (tertiary/aromatic N) is 4. The van der Waals surface area contributed by atoms with Gasteiger partial charge in [-0.1, -0.05) is 30.0 Å². The van der Waals surface area contributed by atoms with E-state index in [1.807, 2.05) is 0 Å². The highest BCUT2D eigenvalue weighted by Gasteiger charge is 2.36. The van der Waals surface area contributed by atoms with Crippen molar-refractivity contribution < 1.29 is 34.8 Å². The molecule has 5 rings (SSSR count). The SMILES string of the molecule is O=S(=O)(NCc1cccnc1)c1ccc(C#Cc2cnn3c(C(F)(F)F)cc(-c4ccc(C(F)(F)F)cc4)nc23)s1. The Morgan fingerprint density at radius 3 is 2.34 bits per heavy atom. The number of rotatable bonds is 5. The number of hydrogen-bond donors (Lipinski definition) is 1. The number of halogens is 6. The first-order chi connectivity index (χ1) is 19.3. The molecule has 1 N–H and O–H groups in total. The lowest BCUT2D eigenvalue weighted by molar-refractivity contribution is -0.142. The molecule has 15 heteroatoms. The van der Waals surface area contributed by atoms with Crippen LogP contribution in [0.1, 0.15) is 27.3 Å². The molecule has 0 fully saturated rings. The van der Waals surface area contributed by atoms with E-state index in [2.05, 4.69) is 31.6 Å². The Hall–Kier alpha value is -4.26. The maximum atomic E-state index is 13.8. The Morgan fingerprint density at radius 1 is 0.927 bits per heavy atom. The summed E-state index contributed by atoms with van der Waals surface area (Å²) in [5.41, 5.74) is -1.98. The van der Waals surface area contributed by atoms with Crippen molar-refractivity contribution in [3.05, 3.63) is 100 Å². The number of benzene rings is 1. The van der Waals surface area contributed by atoms with Crippen LogP contribution < -0.4 is 4.72 Å². The minimum Gasteiger partial charge on any atom is -0.264 e. The molecule has 210 valence electrons. The highest BCUT2D eigenvalue weighted by Crippen LogP contribution is 2.34. The quantitative estimate of drug-likeness (QED) is 0.203. The summed E-state index contributed by atoms with van der Waals surface area (Å²) < 4.78 is 109. The van der Waals surface area contributed by atoms with E-state index in [1.54, 1.807) is 18.3 Å². The van der Waals surface area contributed by atoms with E-state index in [4.69, 9.17) is 0 Å². The van der Waals surface area contributed by atoms with Gasteiger partial charge in [0, 0.05) is 24.5 Å². The van der Waals surface area contributed by atoms with Gasteiger partial charge >= 0.3 is 12.4 Å². The van der Waals surface area contributed by atoms with E-state index in [1.165, 1.54) is 18.3 Å². The molecule has 0 aliphatic rings. The molecule has 41 heavy (non-hydrogen) atoms. The molecule has 0 spiro atoms. The van der Waals surface area contributed by atoms with Crippen LogP contribution in [-0.4, -0.2) is 28.0 Å². The number of hydrogen-bond acceptors (Lipinski definition) is 6. The van der Waals surface area contributed by atoms with Crippen molar-refractivity contribution >= 4 is 27.0 Å². The molecule has 4 aromatic heterocycles. The van der Waals surface area contributed by atoms with Gasteiger partial charge in [-0.05, 0) is 42.0 Å². The summed E-state index contributed by atoms with van der Waals surface area (Å²) in [5, 5.41) is 3.75. The summed E-state index contributed by atoms with van der Waals surface area (Å²) in [6.45, 7) is 0.0198. The van der Waals surface area contributed by atoms with Gasteiger partial charge in [0.2, 0.25) is 10.0 Å². The Labute approximate surface area is 232 Å². The lowest BCUT2D eigenvalue weighted by Crippen LogP contribution is -2.22. The van der Waals surface area contributed by atoms with Crippen molar-refractivity contribution in [2.24, 2.45) is 0 Å². The molecule has 0 aliphatic heterocycles. The van der Waals surface area contributed by atoms with Crippen LogP contribution in [0.4, 0.5) is 26.3 Å². The highest BCUT2D eigenvalue weighted by atomic mass is 32.2. The average molecular weight is 608 g/mol. The third-order valence-electron chi connectivity index (χ3n) is 5.63. The predicted octanol–water partition coefficient (Wildman–Crippen LogP) is 5.77. The van der Waals surface area contributed by atoms with Crippen LogP contribution in [0.3, 0.4) is 0 Å². The third kappa shape index (κ3) is 6.24. The molecule has 4 heterocycles. The van der Waals surface area contributed by atoms with Gasteiger partial charge in [-0.2, -0.15) is 31.4 Å². The van der Waals surface area contributed by atoms with E-state index in [0.29, 0.717) is 21.0 Å². The molecule has 0 saturated carbocycles. The third-order valence-corrected chi connectivity index (χ3v) is 8.52. The fourth-order valence-corrected chi connectivity index (χ4v) is 5.87. The van der Waals surface area contributed by atoms with Crippen LogP contribution in [0, 0.1) is 11.8 Å². The molecule has 0 radical (unpaired) electrons. The summed E-state index contributed by atoms with van der Waals surface area (Å²) in [6.07, 6.45) is -5.33. The summed E-state index contributed by atoms with van der Waals surface area (Å²) >= 11 is 0.854. The van der Waals surface area contributed by atoms with Gasteiger partial charge < -0.3 is 0 Å². The van der Waals surface area contributed by atoms with E-state index in [0.717, 1.165) is 41.8 Å². The fourth-order valence-electron chi connectivity index (χ4n) is 3.64. The highest BCUT2D eigenvalue weighted by molar-refractivity contribution is 7.91. The normalized spacial score (nSPS) is 12.3. The number of alkyl halides is 6. The van der Waals surface area contributed by atoms with E-state index < -0.39 is 33.6 Å². The maximum Gasteiger partial charge on any atom is 0.433 e. The maximum absolute atomic E-state index is 13.8. The van der Waals surface area contributed by atoms with Crippen molar-refractivity contribution in [3.63, 3.8) is 0 Å². The average Bonchev–Trinajstić information content (AvgIpc) is 3.58. The van der Waals surface area contributed by atoms with Crippen LogP contribution >= 0.6 is 11.3 Å². The van der Waals surface area contributed by atoms with E-state index >= 15 is 0 Å². The van der Waals surface area contributed by atoms with Gasteiger partial charge in [0.15, 0.2) is 11.3 Å². The van der Waals surface area contributed by atoms with Crippen molar-refractivity contribution in [1.82, 2.24) is 24.3 Å². The van der Waals surface area contributed by atoms with Crippen molar-refractivity contribution in [2.75, 3.05) is 0 Å². The van der Waals surface area contributed by atoms with Crippen LogP contribution in [0.2, 0.25) is 0 Å². The molecular weight excluding hydrogens is 592 g/mol. The van der Waals surface area contributed by atoms with Crippen molar-refractivity contribution in [2.45, 2.75) is 23.1 Å². The molecule has 0 unspecified atom stereocenters. The second kappa shape index (κ2) is 10.6. The van der Waals surface area contributed by atoms with Gasteiger partial charge in [0.1, 0.15) is 4.21 Å². The van der Waals surface area contributed by atoms with Gasteiger partial charge in [-0.25, -0.2) is 22.6 Å². The van der Waals surface area contributed by atoms with Gasteiger partial charge in [0.25, 0.3) is 0 Å². The molecular formula is C26H15F6N5O2S2. The number of fused-ring (bicyclic) bond motifs is 1. The molecule has 0 saturated heterocycles. The van der Waals surface area contributed by atoms with Crippen LogP contribution in [-0.2, 0) is 28.9 Å². The van der Waals surface area contributed by atoms with E-state index in [-0.39, 0.29) is 33.2 Å². The van der Waals surface area contributed by atoms with Gasteiger partial charge in [-0.15, -0.1) is 11.3 Å². The lowest BCUT2D eigenvalue weighted by atomic mass is 10.1. The standard InChI is InChI=1S/C26H15F6N5O2S2/c27-25(28,29)19-6-3-17(4-7-19)21-12-22(26(30,31)32)37-24(36-21)18(15-34-37)5-8-20-9-10-23(40-20)41(38,39)35-14-16-2-1-11-33-13-16/h1-4,6-7,9-13,15,35H,14H2. The lowest BCUT2D eigenvalue weighted by Gasteiger charge is -2.12. The van der Waals surface area contributed by atoms with Crippen LogP contribution in [0.15, 0.2) is 77.4 Å². The van der Waals surface area contributed by atoms with Crippen LogP contribution in [0.5, 0.6) is 0 Å². The first-order valence-electron chi connectivity index (χ1n) is 11.5. The Balaban J connectivity index is 1.47. The molecule has 7 nitrogen and oxygen atoms in total. The summed E-state index contributed by atoms with van der Waals surface area (Å²) in [4.78, 5) is 8.42. The Bertz CT molecular complexity index is 1890. The first kappa shape index (κ1) is 28.3. The minimum atomic E-state index is -4.86. The number of aromatic nitrogens is 4. The fraction of sp³-hybridized carbons (Fsp3) is 0.115. The predicted molar refractivity (Wildman–Crippen MR) is 137 cm³/mol. The van der Waals surface area contributed by atoms with Crippen molar-refractivity contribution in [1.29, 1.82) is 0 Å². The molecule has 0 bridgehead atoms. The zero-order valence-corrected chi connectivity index (χ0v) is 22.0. The van der Waals surface area contributed by atoms with Crippen LogP contribution in [0.25, 0.3) is 16.9 Å². The van der Waals surface area contributed by atoms with E-state index in [9.17, 15) is 34.8 Å².